The van der Waals surface area contributed by atoms with E-state index >= 15 is 0 Å². The van der Waals surface area contributed by atoms with Crippen LogP contribution >= 0.6 is 0 Å². The lowest BCUT2D eigenvalue weighted by molar-refractivity contribution is 0.505. The van der Waals surface area contributed by atoms with Crippen LogP contribution in [0, 0.1) is 11.6 Å². The summed E-state index contributed by atoms with van der Waals surface area (Å²) in [7, 11) is 0. The molecule has 1 rings (SSSR count). The first-order chi connectivity index (χ1) is 6.15. The molecule has 0 aliphatic heterocycles. The van der Waals surface area contributed by atoms with Crippen LogP contribution in [0.2, 0.25) is 0 Å². The third-order valence-corrected chi connectivity index (χ3v) is 1.67. The van der Waals surface area contributed by atoms with Crippen LogP contribution in [0.4, 0.5) is 8.78 Å². The Morgan fingerprint density at radius 1 is 1.38 bits per heavy atom. The molecule has 0 N–H and O–H groups in total. The fourth-order valence-electron chi connectivity index (χ4n) is 0.926. The van der Waals surface area contributed by atoms with Crippen molar-refractivity contribution in [3.8, 4) is 0 Å². The van der Waals surface area contributed by atoms with E-state index in [1.54, 1.807) is 6.92 Å². The zero-order valence-electron chi connectivity index (χ0n) is 6.92. The summed E-state index contributed by atoms with van der Waals surface area (Å²) < 4.78 is 25.1. The Labute approximate surface area is 73.9 Å². The number of hydrogen-bond donors (Lipinski definition) is 0. The van der Waals surface area contributed by atoms with E-state index in [1.165, 1.54) is 12.1 Å². The van der Waals surface area contributed by atoms with Gasteiger partial charge in [-0.2, -0.15) is 4.99 Å². The number of aliphatic imine (C=N–C) groups is 1. The van der Waals surface area contributed by atoms with Crippen molar-refractivity contribution in [2.24, 2.45) is 4.99 Å². The van der Waals surface area contributed by atoms with Crippen molar-refractivity contribution in [1.29, 1.82) is 0 Å². The molecule has 1 aromatic carbocycles. The Balaban J connectivity index is 3.03. The monoisotopic (exact) mass is 183 g/mol. The van der Waals surface area contributed by atoms with Crippen LogP contribution in [0.25, 0.3) is 0 Å². The molecule has 0 saturated heterocycles. The summed E-state index contributed by atoms with van der Waals surface area (Å²) in [6, 6.07) is 2.90. The molecule has 1 aromatic rings. The lowest BCUT2D eigenvalue weighted by atomic mass is 10.1. The zero-order chi connectivity index (χ0) is 9.84. The van der Waals surface area contributed by atoms with Gasteiger partial charge in [0.15, 0.2) is 11.6 Å². The normalized spacial score (nSPS) is 11.9. The molecule has 1 atom stereocenters. The van der Waals surface area contributed by atoms with Crippen molar-refractivity contribution < 1.29 is 13.6 Å². The van der Waals surface area contributed by atoms with Crippen LogP contribution in [0.15, 0.2) is 23.2 Å². The van der Waals surface area contributed by atoms with Gasteiger partial charge in [0, 0.05) is 0 Å². The second kappa shape index (κ2) is 3.92. The molecule has 0 unspecified atom stereocenters. The van der Waals surface area contributed by atoms with E-state index in [9.17, 15) is 13.6 Å². The summed E-state index contributed by atoms with van der Waals surface area (Å²) >= 11 is 0. The molecular weight excluding hydrogens is 176 g/mol. The highest BCUT2D eigenvalue weighted by Gasteiger charge is 2.07. The maximum atomic E-state index is 12.7. The first-order valence-corrected chi connectivity index (χ1v) is 3.67. The second-order valence-electron chi connectivity index (χ2n) is 2.57. The van der Waals surface area contributed by atoms with Crippen molar-refractivity contribution in [3.05, 3.63) is 35.4 Å². The summed E-state index contributed by atoms with van der Waals surface area (Å²) in [6.07, 6.45) is 1.36. The zero-order valence-corrected chi connectivity index (χ0v) is 6.92. The molecular formula is C9H7F2NO. The quantitative estimate of drug-likeness (QED) is 0.511. The number of isocyanates is 1. The summed E-state index contributed by atoms with van der Waals surface area (Å²) in [6.45, 7) is 1.59. The second-order valence-corrected chi connectivity index (χ2v) is 2.57. The van der Waals surface area contributed by atoms with Gasteiger partial charge in [0.1, 0.15) is 0 Å². The van der Waals surface area contributed by atoms with Crippen LogP contribution in [-0.2, 0) is 4.79 Å². The van der Waals surface area contributed by atoms with E-state index in [2.05, 4.69) is 4.99 Å². The average Bonchev–Trinajstić information content (AvgIpc) is 2.10. The Hall–Kier alpha value is -1.54. The highest BCUT2D eigenvalue weighted by molar-refractivity contribution is 5.35. The summed E-state index contributed by atoms with van der Waals surface area (Å²) in [5.41, 5.74) is 0.447. The maximum absolute atomic E-state index is 12.7. The van der Waals surface area contributed by atoms with Crippen LogP contribution in [0.5, 0.6) is 0 Å². The number of halogens is 2. The number of rotatable bonds is 2. The van der Waals surface area contributed by atoms with Gasteiger partial charge in [-0.1, -0.05) is 6.07 Å². The van der Waals surface area contributed by atoms with E-state index < -0.39 is 17.7 Å². The Morgan fingerprint density at radius 3 is 2.62 bits per heavy atom. The molecule has 0 aromatic heterocycles. The van der Waals surface area contributed by atoms with E-state index in [0.717, 1.165) is 12.1 Å². The molecule has 68 valence electrons. The third-order valence-electron chi connectivity index (χ3n) is 1.67. The van der Waals surface area contributed by atoms with Gasteiger partial charge in [-0.25, -0.2) is 13.6 Å². The molecule has 0 heterocycles. The molecule has 0 aliphatic carbocycles. The van der Waals surface area contributed by atoms with Crippen LogP contribution in [0.1, 0.15) is 18.5 Å². The van der Waals surface area contributed by atoms with Gasteiger partial charge in [0.05, 0.1) is 6.04 Å². The van der Waals surface area contributed by atoms with Gasteiger partial charge in [-0.15, -0.1) is 0 Å². The standard InChI is InChI=1S/C9H7F2NO/c1-6(12-5-13)7-2-3-8(10)9(11)4-7/h2-4,6H,1H3/t6-/m0/s1. The van der Waals surface area contributed by atoms with E-state index in [1.807, 2.05) is 0 Å². The van der Waals surface area contributed by atoms with Crippen molar-refractivity contribution in [3.63, 3.8) is 0 Å². The molecule has 0 saturated carbocycles. The fourth-order valence-corrected chi connectivity index (χ4v) is 0.926. The number of carbonyl (C=O) groups excluding carboxylic acids is 1. The minimum Gasteiger partial charge on any atom is -0.211 e. The van der Waals surface area contributed by atoms with Gasteiger partial charge in [0.25, 0.3) is 0 Å². The molecule has 2 nitrogen and oxygen atoms in total. The number of benzene rings is 1. The first-order valence-electron chi connectivity index (χ1n) is 3.67. The minimum absolute atomic E-state index is 0.447. The SMILES string of the molecule is C[C@H](N=C=O)c1ccc(F)c(F)c1. The molecule has 0 bridgehead atoms. The van der Waals surface area contributed by atoms with E-state index in [4.69, 9.17) is 0 Å². The smallest absolute Gasteiger partial charge is 0.211 e. The number of nitrogens with zero attached hydrogens (tertiary/aromatic N) is 1. The Bertz CT molecular complexity index is 359. The van der Waals surface area contributed by atoms with E-state index in [-0.39, 0.29) is 0 Å². The largest absolute Gasteiger partial charge is 0.235 e. The first kappa shape index (κ1) is 9.55. The van der Waals surface area contributed by atoms with Gasteiger partial charge < -0.3 is 0 Å². The Morgan fingerprint density at radius 2 is 2.08 bits per heavy atom. The predicted molar refractivity (Wildman–Crippen MR) is 42.9 cm³/mol. The average molecular weight is 183 g/mol. The maximum Gasteiger partial charge on any atom is 0.235 e. The Kier molecular flexibility index (Phi) is 2.88. The van der Waals surface area contributed by atoms with Crippen LogP contribution in [0.3, 0.4) is 0 Å². The predicted octanol–water partition coefficient (Wildman–Crippen LogP) is 2.36. The molecule has 0 radical (unpaired) electrons. The van der Waals surface area contributed by atoms with E-state index in [0.29, 0.717) is 5.56 Å². The molecule has 0 aliphatic rings. The van der Waals surface area contributed by atoms with Gasteiger partial charge in [0.2, 0.25) is 6.08 Å². The van der Waals surface area contributed by atoms with Crippen molar-refractivity contribution in [2.45, 2.75) is 13.0 Å². The van der Waals surface area contributed by atoms with Gasteiger partial charge >= 0.3 is 0 Å². The molecule has 0 spiro atoms. The molecule has 4 heteroatoms. The van der Waals surface area contributed by atoms with Crippen molar-refractivity contribution in [1.82, 2.24) is 0 Å². The van der Waals surface area contributed by atoms with Crippen molar-refractivity contribution >= 4 is 6.08 Å². The highest BCUT2D eigenvalue weighted by atomic mass is 19.2. The fraction of sp³-hybridized carbons (Fsp3) is 0.222. The van der Waals surface area contributed by atoms with Gasteiger partial charge in [-0.05, 0) is 24.6 Å². The minimum atomic E-state index is -0.939. The lowest BCUT2D eigenvalue weighted by Gasteiger charge is -2.03. The van der Waals surface area contributed by atoms with Crippen LogP contribution < -0.4 is 0 Å². The molecule has 0 amide bonds. The topological polar surface area (TPSA) is 29.4 Å². The molecule has 13 heavy (non-hydrogen) atoms. The number of hydrogen-bond acceptors (Lipinski definition) is 2. The summed E-state index contributed by atoms with van der Waals surface area (Å²) in [4.78, 5) is 13.3. The van der Waals surface area contributed by atoms with Gasteiger partial charge in [-0.3, -0.25) is 0 Å². The summed E-state index contributed by atoms with van der Waals surface area (Å²) in [5, 5.41) is 0. The highest BCUT2D eigenvalue weighted by Crippen LogP contribution is 2.18. The lowest BCUT2D eigenvalue weighted by Crippen LogP contribution is -1.92. The third kappa shape index (κ3) is 2.20. The van der Waals surface area contributed by atoms with Crippen molar-refractivity contribution in [2.75, 3.05) is 0 Å². The van der Waals surface area contributed by atoms with Crippen LogP contribution in [-0.4, -0.2) is 6.08 Å². The molecule has 0 fully saturated rings. The summed E-state index contributed by atoms with van der Waals surface area (Å²) in [5.74, 6) is -1.85.